The Balaban J connectivity index is 1.86. The molecule has 2 saturated heterocycles. The smallest absolute Gasteiger partial charge is 0.415 e. The minimum absolute atomic E-state index is 0.00626. The highest BCUT2D eigenvalue weighted by Crippen LogP contribution is 2.31. The number of cyclic esters (lactones) is 1. The Morgan fingerprint density at radius 1 is 1.20 bits per heavy atom. The van der Waals surface area contributed by atoms with E-state index in [-0.39, 0.29) is 48.3 Å². The predicted molar refractivity (Wildman–Crippen MR) is 85.5 cm³/mol. The summed E-state index contributed by atoms with van der Waals surface area (Å²) in [4.78, 5) is 25.4. The van der Waals surface area contributed by atoms with Crippen molar-refractivity contribution in [2.24, 2.45) is 0 Å². The van der Waals surface area contributed by atoms with Crippen molar-refractivity contribution in [3.63, 3.8) is 0 Å². The number of hydrogen-bond acceptors (Lipinski definition) is 6. The summed E-state index contributed by atoms with van der Waals surface area (Å²) in [6.45, 7) is 1.13. The van der Waals surface area contributed by atoms with Gasteiger partial charge in [0.1, 0.15) is 5.69 Å². The maximum absolute atomic E-state index is 14.4. The van der Waals surface area contributed by atoms with Crippen molar-refractivity contribution in [2.45, 2.75) is 13.0 Å². The van der Waals surface area contributed by atoms with Crippen LogP contribution in [0.5, 0.6) is 0 Å². The van der Waals surface area contributed by atoms with Crippen LogP contribution in [-0.4, -0.2) is 57.5 Å². The molecule has 2 fully saturated rings. The molecule has 1 aromatic rings. The van der Waals surface area contributed by atoms with Gasteiger partial charge in [-0.25, -0.2) is 22.0 Å². The summed E-state index contributed by atoms with van der Waals surface area (Å²) >= 11 is 0. The van der Waals surface area contributed by atoms with Gasteiger partial charge in [0.25, 0.3) is 0 Å². The first kappa shape index (κ1) is 17.6. The number of carbonyl (C=O) groups excluding carboxylic acids is 2. The zero-order valence-electron chi connectivity index (χ0n) is 13.4. The number of sulfone groups is 1. The molecule has 0 bridgehead atoms. The first-order valence-electron chi connectivity index (χ1n) is 7.61. The third-order valence-electron chi connectivity index (χ3n) is 4.24. The minimum Gasteiger partial charge on any atom is -0.436 e. The van der Waals surface area contributed by atoms with Crippen LogP contribution in [0.25, 0.3) is 0 Å². The van der Waals surface area contributed by atoms with Gasteiger partial charge in [-0.05, 0) is 6.92 Å². The number of nitrogens with zero attached hydrogens (tertiary/aromatic N) is 2. The third-order valence-corrected chi connectivity index (χ3v) is 5.85. The lowest BCUT2D eigenvalue weighted by atomic mass is 10.2. The average Bonchev–Trinajstić information content (AvgIpc) is 2.90. The van der Waals surface area contributed by atoms with Gasteiger partial charge in [0.15, 0.2) is 33.4 Å². The molecule has 0 spiro atoms. The largest absolute Gasteiger partial charge is 0.436 e. The number of rotatable bonds is 3. The molecule has 0 aromatic heterocycles. The number of carbonyl (C=O) groups is 2. The van der Waals surface area contributed by atoms with Gasteiger partial charge < -0.3 is 9.64 Å². The quantitative estimate of drug-likeness (QED) is 0.788. The van der Waals surface area contributed by atoms with Crippen LogP contribution in [0.3, 0.4) is 0 Å². The number of ketones is 1. The lowest BCUT2D eigenvalue weighted by molar-refractivity contribution is -0.123. The fourth-order valence-electron chi connectivity index (χ4n) is 2.83. The van der Waals surface area contributed by atoms with Crippen molar-refractivity contribution in [3.05, 3.63) is 23.8 Å². The summed E-state index contributed by atoms with van der Waals surface area (Å²) < 4.78 is 56.6. The molecule has 2 heterocycles. The van der Waals surface area contributed by atoms with E-state index in [9.17, 15) is 26.8 Å². The Morgan fingerprint density at radius 2 is 1.76 bits per heavy atom. The normalized spacial score (nSPS) is 22.8. The zero-order chi connectivity index (χ0) is 18.4. The first-order valence-corrected chi connectivity index (χ1v) is 9.43. The Morgan fingerprint density at radius 3 is 2.24 bits per heavy atom. The number of Topliss-reactive ketones (excluding diaryl/α,β-unsaturated/α-hetero) is 1. The van der Waals surface area contributed by atoms with E-state index in [0.29, 0.717) is 0 Å². The highest BCUT2D eigenvalue weighted by Gasteiger charge is 2.36. The van der Waals surface area contributed by atoms with E-state index in [1.165, 1.54) is 11.8 Å². The lowest BCUT2D eigenvalue weighted by Crippen LogP contribution is -2.41. The zero-order valence-corrected chi connectivity index (χ0v) is 14.2. The molecule has 7 nitrogen and oxygen atoms in total. The summed E-state index contributed by atoms with van der Waals surface area (Å²) in [5.74, 6) is -2.52. The molecule has 1 atom stereocenters. The summed E-state index contributed by atoms with van der Waals surface area (Å²) in [5, 5.41) is 0. The van der Waals surface area contributed by atoms with Crippen LogP contribution in [0.1, 0.15) is 6.92 Å². The molecule has 2 aliphatic rings. The second-order valence-corrected chi connectivity index (χ2v) is 8.29. The van der Waals surface area contributed by atoms with Crippen LogP contribution in [-0.2, 0) is 19.4 Å². The molecule has 3 rings (SSSR count). The number of halogens is 2. The third kappa shape index (κ3) is 3.44. The van der Waals surface area contributed by atoms with Crippen LogP contribution in [0, 0.1) is 11.6 Å². The van der Waals surface area contributed by atoms with Gasteiger partial charge in [-0.1, -0.05) is 0 Å². The van der Waals surface area contributed by atoms with E-state index in [4.69, 9.17) is 4.74 Å². The van der Waals surface area contributed by atoms with Crippen molar-refractivity contribution in [3.8, 4) is 0 Å². The van der Waals surface area contributed by atoms with E-state index in [0.717, 1.165) is 17.0 Å². The van der Waals surface area contributed by atoms with E-state index in [1.54, 1.807) is 0 Å². The summed E-state index contributed by atoms with van der Waals surface area (Å²) in [6.07, 6.45) is -1.82. The van der Waals surface area contributed by atoms with Crippen LogP contribution < -0.4 is 9.80 Å². The Kier molecular flexibility index (Phi) is 4.40. The molecule has 1 aromatic carbocycles. The van der Waals surface area contributed by atoms with Crippen molar-refractivity contribution < 1.29 is 31.5 Å². The molecular formula is C15H16F2N2O5S. The molecule has 1 amide bonds. The predicted octanol–water partition coefficient (Wildman–Crippen LogP) is 1.11. The van der Waals surface area contributed by atoms with E-state index < -0.39 is 33.7 Å². The van der Waals surface area contributed by atoms with Gasteiger partial charge >= 0.3 is 6.09 Å². The number of amides is 1. The van der Waals surface area contributed by atoms with Crippen LogP contribution in [0.4, 0.5) is 25.0 Å². The molecule has 136 valence electrons. The van der Waals surface area contributed by atoms with E-state index in [1.807, 2.05) is 0 Å². The number of ether oxygens (including phenoxy) is 1. The van der Waals surface area contributed by atoms with Gasteiger partial charge in [-0.2, -0.15) is 0 Å². The van der Waals surface area contributed by atoms with Crippen molar-refractivity contribution >= 4 is 33.1 Å². The second kappa shape index (κ2) is 6.25. The highest BCUT2D eigenvalue weighted by molar-refractivity contribution is 7.91. The summed E-state index contributed by atoms with van der Waals surface area (Å²) in [5.41, 5.74) is -0.383. The average molecular weight is 374 g/mol. The van der Waals surface area contributed by atoms with Gasteiger partial charge in [-0.3, -0.25) is 9.69 Å². The summed E-state index contributed by atoms with van der Waals surface area (Å²) in [7, 11) is -3.18. The molecule has 25 heavy (non-hydrogen) atoms. The molecule has 2 aliphatic heterocycles. The van der Waals surface area contributed by atoms with Gasteiger partial charge in [0, 0.05) is 25.2 Å². The van der Waals surface area contributed by atoms with Crippen molar-refractivity contribution in [2.75, 3.05) is 40.9 Å². The van der Waals surface area contributed by atoms with E-state index >= 15 is 0 Å². The van der Waals surface area contributed by atoms with Gasteiger partial charge in [0.2, 0.25) is 0 Å². The second-order valence-electron chi connectivity index (χ2n) is 5.99. The van der Waals surface area contributed by atoms with Crippen LogP contribution in [0.15, 0.2) is 12.1 Å². The first-order chi connectivity index (χ1) is 11.7. The molecule has 0 radical (unpaired) electrons. The number of hydrogen-bond donors (Lipinski definition) is 0. The van der Waals surface area contributed by atoms with Crippen LogP contribution >= 0.6 is 0 Å². The van der Waals surface area contributed by atoms with Gasteiger partial charge in [-0.15, -0.1) is 0 Å². The molecular weight excluding hydrogens is 358 g/mol. The molecule has 10 heteroatoms. The maximum Gasteiger partial charge on any atom is 0.415 e. The highest BCUT2D eigenvalue weighted by atomic mass is 32.2. The topological polar surface area (TPSA) is 84.0 Å². The Hall–Kier alpha value is -2.23. The van der Waals surface area contributed by atoms with E-state index in [2.05, 4.69) is 0 Å². The number of benzene rings is 1. The Labute approximate surface area is 143 Å². The van der Waals surface area contributed by atoms with Crippen molar-refractivity contribution in [1.29, 1.82) is 0 Å². The van der Waals surface area contributed by atoms with Gasteiger partial charge in [0.05, 0.1) is 23.7 Å². The lowest BCUT2D eigenvalue weighted by Gasteiger charge is -2.29. The molecule has 0 aliphatic carbocycles. The fraction of sp³-hybridized carbons (Fsp3) is 0.467. The molecule has 1 unspecified atom stereocenters. The molecule has 0 saturated carbocycles. The fourth-order valence-corrected chi connectivity index (χ4v) is 4.03. The SMILES string of the molecule is CC(=O)C1CN(c2cc(F)c(N3CCS(=O)(=O)CC3)c(F)c2)C(=O)O1. The number of anilines is 2. The minimum atomic E-state index is -3.18. The van der Waals surface area contributed by atoms with Crippen LogP contribution in [0.2, 0.25) is 0 Å². The monoisotopic (exact) mass is 374 g/mol. The van der Waals surface area contributed by atoms with Crippen molar-refractivity contribution in [1.82, 2.24) is 0 Å². The maximum atomic E-state index is 14.4. The molecule has 0 N–H and O–H groups in total. The Bertz CT molecular complexity index is 805. The summed E-state index contributed by atoms with van der Waals surface area (Å²) in [6, 6.07) is 1.95. The standard InChI is InChI=1S/C15H16F2N2O5S/c1-9(20)13-8-19(15(21)24-13)10-6-11(16)14(12(17)7-10)18-2-4-25(22,23)5-3-18/h6-7,13H,2-5,8H2,1H3.